The van der Waals surface area contributed by atoms with Crippen LogP contribution < -0.4 is 5.32 Å². The van der Waals surface area contributed by atoms with E-state index in [-0.39, 0.29) is 12.1 Å². The van der Waals surface area contributed by atoms with Crippen molar-refractivity contribution in [2.75, 3.05) is 6.54 Å². The first-order chi connectivity index (χ1) is 8.59. The highest BCUT2D eigenvalue weighted by Crippen LogP contribution is 2.31. The van der Waals surface area contributed by atoms with E-state index in [1.807, 2.05) is 0 Å². The highest BCUT2D eigenvalue weighted by molar-refractivity contribution is 4.89. The van der Waals surface area contributed by atoms with Crippen LogP contribution in [0.15, 0.2) is 0 Å². The third-order valence-electron chi connectivity index (χ3n) is 4.88. The Labute approximate surface area is 111 Å². The van der Waals surface area contributed by atoms with Crippen molar-refractivity contribution >= 4 is 0 Å². The van der Waals surface area contributed by atoms with Crippen LogP contribution >= 0.6 is 0 Å². The van der Waals surface area contributed by atoms with Gasteiger partial charge in [-0.3, -0.25) is 0 Å². The van der Waals surface area contributed by atoms with Gasteiger partial charge in [-0.25, -0.2) is 0 Å². The minimum absolute atomic E-state index is 0.191. The zero-order chi connectivity index (χ0) is 13.0. The zero-order valence-electron chi connectivity index (χ0n) is 11.7. The molecule has 2 aliphatic carbocycles. The first-order valence-corrected chi connectivity index (χ1v) is 7.73. The van der Waals surface area contributed by atoms with Crippen LogP contribution in [0.4, 0.5) is 0 Å². The molecule has 0 aromatic carbocycles. The molecule has 0 spiro atoms. The standard InChI is InChI=1S/C15H29NO2/c1-12-7-9-15(18,10-8-12)11-16-13-5-3-2-4-6-14(13)17/h12-14,16-18H,2-11H2,1H3. The summed E-state index contributed by atoms with van der Waals surface area (Å²) in [7, 11) is 0. The van der Waals surface area contributed by atoms with Gasteiger partial charge in [-0.15, -0.1) is 0 Å². The molecule has 0 aliphatic heterocycles. The third kappa shape index (κ3) is 3.94. The monoisotopic (exact) mass is 255 g/mol. The van der Waals surface area contributed by atoms with Crippen LogP contribution in [0, 0.1) is 5.92 Å². The summed E-state index contributed by atoms with van der Waals surface area (Å²) in [5.41, 5.74) is -0.529. The molecule has 106 valence electrons. The fourth-order valence-electron chi connectivity index (χ4n) is 3.32. The largest absolute Gasteiger partial charge is 0.392 e. The lowest BCUT2D eigenvalue weighted by atomic mass is 9.79. The van der Waals surface area contributed by atoms with Crippen LogP contribution in [0.5, 0.6) is 0 Å². The molecule has 3 N–H and O–H groups in total. The van der Waals surface area contributed by atoms with Gasteiger partial charge in [-0.2, -0.15) is 0 Å². The van der Waals surface area contributed by atoms with Crippen LogP contribution in [0.25, 0.3) is 0 Å². The van der Waals surface area contributed by atoms with Crippen molar-refractivity contribution in [3.8, 4) is 0 Å². The van der Waals surface area contributed by atoms with Gasteiger partial charge >= 0.3 is 0 Å². The van der Waals surface area contributed by atoms with E-state index in [1.54, 1.807) is 0 Å². The molecule has 0 heterocycles. The van der Waals surface area contributed by atoms with Crippen molar-refractivity contribution in [3.05, 3.63) is 0 Å². The molecule has 0 amide bonds. The number of hydrogen-bond acceptors (Lipinski definition) is 3. The first kappa shape index (κ1) is 14.3. The average molecular weight is 255 g/mol. The molecular formula is C15H29NO2. The summed E-state index contributed by atoms with van der Waals surface area (Å²) in [6, 6.07) is 0.191. The van der Waals surface area contributed by atoms with Crippen molar-refractivity contribution in [2.45, 2.75) is 82.5 Å². The van der Waals surface area contributed by atoms with Crippen LogP contribution in [-0.4, -0.2) is 34.5 Å². The molecule has 3 heteroatoms. The smallest absolute Gasteiger partial charge is 0.0771 e. The maximum Gasteiger partial charge on any atom is 0.0771 e. The molecule has 0 saturated heterocycles. The Kier molecular flexibility index (Phi) is 5.05. The summed E-state index contributed by atoms with van der Waals surface area (Å²) in [4.78, 5) is 0. The Morgan fingerprint density at radius 1 is 1.06 bits per heavy atom. The van der Waals surface area contributed by atoms with Gasteiger partial charge < -0.3 is 15.5 Å². The van der Waals surface area contributed by atoms with E-state index in [4.69, 9.17) is 0 Å². The fraction of sp³-hybridized carbons (Fsp3) is 1.00. The SMILES string of the molecule is CC1CCC(O)(CNC2CCCCCC2O)CC1. The van der Waals surface area contributed by atoms with Crippen LogP contribution in [-0.2, 0) is 0 Å². The minimum atomic E-state index is -0.529. The van der Waals surface area contributed by atoms with Crippen LogP contribution in [0.2, 0.25) is 0 Å². The van der Waals surface area contributed by atoms with Gasteiger partial charge in [-0.05, 0) is 44.4 Å². The molecule has 2 atom stereocenters. The summed E-state index contributed by atoms with van der Waals surface area (Å²) in [5, 5.41) is 24.0. The van der Waals surface area contributed by atoms with Crippen molar-refractivity contribution in [3.63, 3.8) is 0 Å². The molecule has 18 heavy (non-hydrogen) atoms. The van der Waals surface area contributed by atoms with Crippen molar-refractivity contribution < 1.29 is 10.2 Å². The maximum atomic E-state index is 10.5. The van der Waals surface area contributed by atoms with E-state index in [0.29, 0.717) is 6.54 Å². The lowest BCUT2D eigenvalue weighted by molar-refractivity contribution is -0.0130. The number of nitrogens with one attached hydrogen (secondary N) is 1. The predicted molar refractivity (Wildman–Crippen MR) is 73.5 cm³/mol. The van der Waals surface area contributed by atoms with E-state index in [9.17, 15) is 10.2 Å². The van der Waals surface area contributed by atoms with Gasteiger partial charge in [0.2, 0.25) is 0 Å². The molecule has 2 rings (SSSR count). The van der Waals surface area contributed by atoms with Crippen LogP contribution in [0.3, 0.4) is 0 Å². The average Bonchev–Trinajstić information content (AvgIpc) is 2.56. The maximum absolute atomic E-state index is 10.5. The second kappa shape index (κ2) is 6.36. The van der Waals surface area contributed by atoms with E-state index >= 15 is 0 Å². The van der Waals surface area contributed by atoms with Gasteiger partial charge in [0.25, 0.3) is 0 Å². The second-order valence-electron chi connectivity index (χ2n) is 6.60. The Hall–Kier alpha value is -0.120. The second-order valence-corrected chi connectivity index (χ2v) is 6.60. The van der Waals surface area contributed by atoms with Crippen molar-refractivity contribution in [1.29, 1.82) is 0 Å². The summed E-state index contributed by atoms with van der Waals surface area (Å²) < 4.78 is 0. The Bertz CT molecular complexity index is 249. The zero-order valence-corrected chi connectivity index (χ0v) is 11.7. The summed E-state index contributed by atoms with van der Waals surface area (Å²) in [6.07, 6.45) is 9.38. The summed E-state index contributed by atoms with van der Waals surface area (Å²) in [6.45, 7) is 2.92. The quantitative estimate of drug-likeness (QED) is 0.678. The molecule has 2 saturated carbocycles. The van der Waals surface area contributed by atoms with Gasteiger partial charge in [0, 0.05) is 12.6 Å². The topological polar surface area (TPSA) is 52.5 Å². The predicted octanol–water partition coefficient (Wildman–Crippen LogP) is 2.21. The van der Waals surface area contributed by atoms with E-state index in [1.165, 1.54) is 12.8 Å². The molecule has 0 bridgehead atoms. The molecule has 3 nitrogen and oxygen atoms in total. The summed E-state index contributed by atoms with van der Waals surface area (Å²) >= 11 is 0. The lowest BCUT2D eigenvalue weighted by Gasteiger charge is -2.36. The first-order valence-electron chi connectivity index (χ1n) is 7.73. The number of hydrogen-bond donors (Lipinski definition) is 3. The third-order valence-corrected chi connectivity index (χ3v) is 4.88. The Morgan fingerprint density at radius 3 is 2.44 bits per heavy atom. The van der Waals surface area contributed by atoms with Crippen molar-refractivity contribution in [2.24, 2.45) is 5.92 Å². The van der Waals surface area contributed by atoms with Crippen molar-refractivity contribution in [1.82, 2.24) is 5.32 Å². The summed E-state index contributed by atoms with van der Waals surface area (Å²) in [5.74, 6) is 0.758. The minimum Gasteiger partial charge on any atom is -0.392 e. The van der Waals surface area contributed by atoms with Gasteiger partial charge in [0.15, 0.2) is 0 Å². The molecule has 0 aromatic rings. The normalized spacial score (nSPS) is 42.5. The fourth-order valence-corrected chi connectivity index (χ4v) is 3.32. The van der Waals surface area contributed by atoms with E-state index in [0.717, 1.165) is 50.9 Å². The van der Waals surface area contributed by atoms with E-state index in [2.05, 4.69) is 12.2 Å². The molecule has 0 aromatic heterocycles. The Morgan fingerprint density at radius 2 is 1.72 bits per heavy atom. The highest BCUT2D eigenvalue weighted by Gasteiger charge is 2.33. The Balaban J connectivity index is 1.79. The van der Waals surface area contributed by atoms with Gasteiger partial charge in [-0.1, -0.05) is 26.2 Å². The molecular weight excluding hydrogens is 226 g/mol. The number of aliphatic hydroxyl groups excluding tert-OH is 1. The van der Waals surface area contributed by atoms with Gasteiger partial charge in [0.1, 0.15) is 0 Å². The molecule has 2 aliphatic rings. The van der Waals surface area contributed by atoms with Crippen LogP contribution in [0.1, 0.15) is 64.7 Å². The molecule has 0 radical (unpaired) electrons. The molecule has 2 unspecified atom stereocenters. The number of aliphatic hydroxyl groups is 2. The number of rotatable bonds is 3. The highest BCUT2D eigenvalue weighted by atomic mass is 16.3. The molecule has 2 fully saturated rings. The lowest BCUT2D eigenvalue weighted by Crippen LogP contribution is -2.49. The van der Waals surface area contributed by atoms with Gasteiger partial charge in [0.05, 0.1) is 11.7 Å². The van der Waals surface area contributed by atoms with E-state index < -0.39 is 5.60 Å².